The predicted octanol–water partition coefficient (Wildman–Crippen LogP) is 4.71. The molecule has 0 radical (unpaired) electrons. The van der Waals surface area contributed by atoms with Crippen molar-refractivity contribution in [1.29, 1.82) is 0 Å². The second-order valence-electron chi connectivity index (χ2n) is 5.54. The molecule has 2 aromatic carbocycles. The summed E-state index contributed by atoms with van der Waals surface area (Å²) in [7, 11) is 0. The zero-order valence-electron chi connectivity index (χ0n) is 13.4. The zero-order valence-corrected chi connectivity index (χ0v) is 15.0. The fourth-order valence-corrected chi connectivity index (χ4v) is 3.42. The second kappa shape index (κ2) is 7.11. The van der Waals surface area contributed by atoms with Gasteiger partial charge in [-0.15, -0.1) is 5.10 Å². The number of thiazole rings is 1. The Morgan fingerprint density at radius 1 is 1.08 bits per heavy atom. The predicted molar refractivity (Wildman–Crippen MR) is 109 cm³/mol. The molecule has 7 heteroatoms. The van der Waals surface area contributed by atoms with Gasteiger partial charge in [0.25, 0.3) is 0 Å². The van der Waals surface area contributed by atoms with Crippen LogP contribution in [0, 0.1) is 0 Å². The van der Waals surface area contributed by atoms with E-state index in [0.717, 1.165) is 38.7 Å². The van der Waals surface area contributed by atoms with Crippen molar-refractivity contribution in [2.45, 2.75) is 0 Å². The minimum Gasteiger partial charge on any atom is -0.341 e. The van der Waals surface area contributed by atoms with Crippen LogP contribution in [0.4, 0.5) is 11.5 Å². The molecule has 5 nitrogen and oxygen atoms in total. The maximum absolute atomic E-state index is 11.9. The van der Waals surface area contributed by atoms with Crippen molar-refractivity contribution in [3.63, 3.8) is 0 Å². The summed E-state index contributed by atoms with van der Waals surface area (Å²) < 4.78 is 0. The number of aromatic amines is 1. The molecule has 1 aliphatic rings. The molecule has 0 saturated carbocycles. The smallest absolute Gasteiger partial charge is 0.306 e. The van der Waals surface area contributed by atoms with Crippen LogP contribution in [-0.4, -0.2) is 16.9 Å². The molecule has 0 atom stereocenters. The average molecular weight is 381 g/mol. The summed E-state index contributed by atoms with van der Waals surface area (Å²) in [5.74, 6) is 0.627. The standard InChI is InChI=1S/C19H13ClN4OS/c20-14-6-8-15(9-7-14)22-18-16(26-19(25)23-18)10-13-11-21-24-17(13)12-4-2-1-3-5-12/h1-11,22H,(H,23,25)/b13-10+. The Morgan fingerprint density at radius 2 is 1.85 bits per heavy atom. The number of nitrogens with one attached hydrogen (secondary N) is 2. The summed E-state index contributed by atoms with van der Waals surface area (Å²) in [4.78, 5) is 15.4. The molecule has 1 aromatic heterocycles. The average Bonchev–Trinajstić information content (AvgIpc) is 3.25. The van der Waals surface area contributed by atoms with Crippen LogP contribution in [0.1, 0.15) is 10.4 Å². The molecule has 3 aromatic rings. The lowest BCUT2D eigenvalue weighted by atomic mass is 10.0. The molecule has 0 amide bonds. The van der Waals surface area contributed by atoms with Crippen LogP contribution in [0.25, 0.3) is 6.08 Å². The third-order valence-corrected chi connectivity index (χ3v) is 4.83. The molecule has 26 heavy (non-hydrogen) atoms. The van der Waals surface area contributed by atoms with Crippen LogP contribution in [0.2, 0.25) is 5.02 Å². The number of benzene rings is 2. The zero-order chi connectivity index (χ0) is 17.9. The number of hydrogen-bond donors (Lipinski definition) is 2. The van der Waals surface area contributed by atoms with E-state index in [1.54, 1.807) is 18.3 Å². The summed E-state index contributed by atoms with van der Waals surface area (Å²) >= 11 is 7.05. The summed E-state index contributed by atoms with van der Waals surface area (Å²) in [5.41, 5.74) is 3.45. The highest BCUT2D eigenvalue weighted by atomic mass is 35.5. The highest BCUT2D eigenvalue weighted by Gasteiger charge is 2.15. The van der Waals surface area contributed by atoms with E-state index >= 15 is 0 Å². The molecule has 2 N–H and O–H groups in total. The Labute approximate surface area is 158 Å². The van der Waals surface area contributed by atoms with Crippen molar-refractivity contribution in [3.05, 3.63) is 85.3 Å². The quantitative estimate of drug-likeness (QED) is 0.688. The Morgan fingerprint density at radius 3 is 2.62 bits per heavy atom. The highest BCUT2D eigenvalue weighted by Crippen LogP contribution is 2.25. The second-order valence-corrected chi connectivity index (χ2v) is 7.00. The first-order valence-electron chi connectivity index (χ1n) is 7.83. The number of nitrogens with zero attached hydrogens (tertiary/aromatic N) is 2. The normalized spacial score (nSPS) is 14.7. The van der Waals surface area contributed by atoms with Gasteiger partial charge >= 0.3 is 4.87 Å². The lowest BCUT2D eigenvalue weighted by Gasteiger charge is -2.06. The molecule has 2 heterocycles. The Balaban J connectivity index is 1.67. The van der Waals surface area contributed by atoms with Crippen LogP contribution in [-0.2, 0) is 0 Å². The van der Waals surface area contributed by atoms with E-state index < -0.39 is 0 Å². The van der Waals surface area contributed by atoms with Gasteiger partial charge in [0.15, 0.2) is 0 Å². The fourth-order valence-electron chi connectivity index (χ4n) is 2.55. The van der Waals surface area contributed by atoms with Gasteiger partial charge in [-0.2, -0.15) is 5.10 Å². The topological polar surface area (TPSA) is 69.6 Å². The molecule has 128 valence electrons. The van der Waals surface area contributed by atoms with Crippen LogP contribution in [0.5, 0.6) is 0 Å². The molecule has 0 unspecified atom stereocenters. The Hall–Kier alpha value is -2.96. The Bertz CT molecular complexity index is 1080. The van der Waals surface area contributed by atoms with Gasteiger partial charge in [-0.3, -0.25) is 9.78 Å². The van der Waals surface area contributed by atoms with Gasteiger partial charge in [0, 0.05) is 21.8 Å². The molecule has 4 rings (SSSR count). The lowest BCUT2D eigenvalue weighted by Crippen LogP contribution is -2.02. The van der Waals surface area contributed by atoms with Crippen molar-refractivity contribution in [3.8, 4) is 0 Å². The van der Waals surface area contributed by atoms with Gasteiger partial charge in [0.1, 0.15) is 11.5 Å². The van der Waals surface area contributed by atoms with Gasteiger partial charge in [-0.25, -0.2) is 0 Å². The molecular weight excluding hydrogens is 368 g/mol. The summed E-state index contributed by atoms with van der Waals surface area (Å²) in [5, 5.41) is 12.1. The molecule has 0 fully saturated rings. The van der Waals surface area contributed by atoms with Crippen LogP contribution in [0.3, 0.4) is 0 Å². The maximum Gasteiger partial charge on any atom is 0.306 e. The largest absolute Gasteiger partial charge is 0.341 e. The van der Waals surface area contributed by atoms with E-state index in [0.29, 0.717) is 10.8 Å². The van der Waals surface area contributed by atoms with Gasteiger partial charge in [0.2, 0.25) is 0 Å². The van der Waals surface area contributed by atoms with Crippen molar-refractivity contribution < 1.29 is 0 Å². The molecular formula is C19H13ClN4OS. The number of hydrogen-bond acceptors (Lipinski definition) is 5. The third-order valence-electron chi connectivity index (χ3n) is 3.75. The number of rotatable bonds is 4. The van der Waals surface area contributed by atoms with Crippen molar-refractivity contribution >= 4 is 52.4 Å². The minimum atomic E-state index is -0.138. The molecule has 0 spiro atoms. The first kappa shape index (κ1) is 16.5. The van der Waals surface area contributed by atoms with Gasteiger partial charge in [-0.05, 0) is 30.3 Å². The molecule has 0 aliphatic carbocycles. The van der Waals surface area contributed by atoms with Gasteiger partial charge in [-0.1, -0.05) is 53.3 Å². The van der Waals surface area contributed by atoms with Crippen molar-refractivity contribution in [1.82, 2.24) is 4.98 Å². The number of halogens is 1. The van der Waals surface area contributed by atoms with Crippen molar-refractivity contribution in [2.75, 3.05) is 5.32 Å². The third kappa shape index (κ3) is 3.51. The monoisotopic (exact) mass is 380 g/mol. The van der Waals surface area contributed by atoms with E-state index in [9.17, 15) is 4.79 Å². The van der Waals surface area contributed by atoms with E-state index in [1.165, 1.54) is 0 Å². The molecule has 0 saturated heterocycles. The number of H-pyrrole nitrogens is 1. The van der Waals surface area contributed by atoms with Gasteiger partial charge < -0.3 is 5.32 Å². The molecule has 1 aliphatic heterocycles. The Kier molecular flexibility index (Phi) is 4.51. The van der Waals surface area contributed by atoms with E-state index in [-0.39, 0.29) is 4.87 Å². The molecule has 0 bridgehead atoms. The first-order chi connectivity index (χ1) is 12.7. The fraction of sp³-hybridized carbons (Fsp3) is 0. The van der Waals surface area contributed by atoms with Crippen LogP contribution in [0.15, 0.2) is 75.2 Å². The summed E-state index contributed by atoms with van der Waals surface area (Å²) in [6.45, 7) is 0. The summed E-state index contributed by atoms with van der Waals surface area (Å²) in [6, 6.07) is 17.1. The van der Waals surface area contributed by atoms with Crippen molar-refractivity contribution in [2.24, 2.45) is 10.2 Å². The lowest BCUT2D eigenvalue weighted by molar-refractivity contribution is 1.28. The van der Waals surface area contributed by atoms with Gasteiger partial charge in [0.05, 0.1) is 11.1 Å². The minimum absolute atomic E-state index is 0.138. The maximum atomic E-state index is 11.9. The SMILES string of the molecule is O=c1[nH]c(Nc2ccc(Cl)cc2)c(/C=C2\C=NN=C2c2ccccc2)s1. The number of allylic oxidation sites excluding steroid dienone is 1. The summed E-state index contributed by atoms with van der Waals surface area (Å²) in [6.07, 6.45) is 3.60. The van der Waals surface area contributed by atoms with E-state index in [1.807, 2.05) is 48.5 Å². The first-order valence-corrected chi connectivity index (χ1v) is 9.03. The van der Waals surface area contributed by atoms with Crippen LogP contribution >= 0.6 is 22.9 Å². The van der Waals surface area contributed by atoms with E-state index in [2.05, 4.69) is 20.5 Å². The van der Waals surface area contributed by atoms with Crippen LogP contribution < -0.4 is 10.2 Å². The number of anilines is 2. The number of aromatic nitrogens is 1. The van der Waals surface area contributed by atoms with E-state index in [4.69, 9.17) is 11.6 Å². The highest BCUT2D eigenvalue weighted by molar-refractivity contribution is 7.10.